The molecule has 0 fully saturated rings. The number of esters is 2. The van der Waals surface area contributed by atoms with Crippen LogP contribution in [0, 0.1) is 0 Å². The summed E-state index contributed by atoms with van der Waals surface area (Å²) in [6.07, 6.45) is 7.89. The van der Waals surface area contributed by atoms with Gasteiger partial charge in [0.2, 0.25) is 0 Å². The van der Waals surface area contributed by atoms with Gasteiger partial charge < -0.3 is 18.9 Å². The van der Waals surface area contributed by atoms with Crippen LogP contribution < -0.4 is 9.47 Å². The summed E-state index contributed by atoms with van der Waals surface area (Å²) in [5.41, 5.74) is 2.06. The molecule has 0 spiro atoms. The van der Waals surface area contributed by atoms with E-state index in [0.29, 0.717) is 11.5 Å². The summed E-state index contributed by atoms with van der Waals surface area (Å²) in [6.45, 7) is 7.16. The molecule has 0 atom stereocenters. The van der Waals surface area contributed by atoms with Gasteiger partial charge in [0.15, 0.2) is 0 Å². The molecule has 6 nitrogen and oxygen atoms in total. The molecule has 0 saturated heterocycles. The fourth-order valence-corrected chi connectivity index (χ4v) is 2.18. The molecule has 0 aromatic heterocycles. The van der Waals surface area contributed by atoms with Gasteiger partial charge in [-0.1, -0.05) is 37.4 Å². The van der Waals surface area contributed by atoms with Crippen molar-refractivity contribution in [3.8, 4) is 22.6 Å². The summed E-state index contributed by atoms with van der Waals surface area (Å²) < 4.78 is 20.5. The van der Waals surface area contributed by atoms with Crippen molar-refractivity contribution in [2.75, 3.05) is 13.2 Å². The first-order valence-electron chi connectivity index (χ1n) is 9.04. The highest BCUT2D eigenvalue weighted by molar-refractivity contribution is 5.82. The highest BCUT2D eigenvalue weighted by Gasteiger charge is 2.00. The van der Waals surface area contributed by atoms with Crippen molar-refractivity contribution < 1.29 is 28.5 Å². The fraction of sp³-hybridized carbons (Fsp3) is 0.0833. The summed E-state index contributed by atoms with van der Waals surface area (Å²) in [5, 5.41) is 0. The highest BCUT2D eigenvalue weighted by atomic mass is 16.5. The highest BCUT2D eigenvalue weighted by Crippen LogP contribution is 2.24. The Morgan fingerprint density at radius 2 is 1.03 bits per heavy atom. The first-order valence-corrected chi connectivity index (χ1v) is 9.04. The van der Waals surface area contributed by atoms with Crippen LogP contribution in [-0.2, 0) is 19.1 Å². The molecule has 2 aromatic carbocycles. The molecule has 0 aliphatic heterocycles. The van der Waals surface area contributed by atoms with Gasteiger partial charge in [-0.25, -0.2) is 9.59 Å². The Labute approximate surface area is 175 Å². The Balaban J connectivity index is 1.80. The largest absolute Gasteiger partial charge is 0.489 e. The van der Waals surface area contributed by atoms with Crippen molar-refractivity contribution >= 4 is 11.9 Å². The maximum atomic E-state index is 10.9. The average molecular weight is 406 g/mol. The van der Waals surface area contributed by atoms with Crippen molar-refractivity contribution in [2.24, 2.45) is 0 Å². The van der Waals surface area contributed by atoms with Crippen LogP contribution in [0.4, 0.5) is 0 Å². The molecule has 2 aromatic rings. The number of ether oxygens (including phenoxy) is 4. The van der Waals surface area contributed by atoms with E-state index >= 15 is 0 Å². The molecule has 0 amide bonds. The Hall–Kier alpha value is -4.06. The molecule has 0 saturated carbocycles. The summed E-state index contributed by atoms with van der Waals surface area (Å²) >= 11 is 0. The van der Waals surface area contributed by atoms with Gasteiger partial charge in [0.1, 0.15) is 24.7 Å². The van der Waals surface area contributed by atoms with Crippen LogP contribution in [0.1, 0.15) is 0 Å². The van der Waals surface area contributed by atoms with Gasteiger partial charge in [-0.3, -0.25) is 0 Å². The Morgan fingerprint density at radius 3 is 1.37 bits per heavy atom. The minimum atomic E-state index is -0.516. The number of hydrogen-bond donors (Lipinski definition) is 0. The molecular weight excluding hydrogens is 384 g/mol. The number of carbonyl (C=O) groups is 2. The minimum Gasteiger partial charge on any atom is -0.489 e. The maximum absolute atomic E-state index is 10.9. The van der Waals surface area contributed by atoms with E-state index in [9.17, 15) is 9.59 Å². The zero-order valence-electron chi connectivity index (χ0n) is 16.4. The molecule has 0 heterocycles. The van der Waals surface area contributed by atoms with Gasteiger partial charge in [0.05, 0.1) is 12.5 Å². The third-order valence-corrected chi connectivity index (χ3v) is 3.63. The quantitative estimate of drug-likeness (QED) is 0.309. The van der Waals surface area contributed by atoms with Crippen LogP contribution in [0.25, 0.3) is 11.1 Å². The van der Waals surface area contributed by atoms with Crippen molar-refractivity contribution in [3.63, 3.8) is 0 Å². The Morgan fingerprint density at radius 1 is 0.667 bits per heavy atom. The summed E-state index contributed by atoms with van der Waals surface area (Å²) in [7, 11) is 0. The number of rotatable bonds is 11. The molecule has 0 unspecified atom stereocenters. The predicted molar refractivity (Wildman–Crippen MR) is 114 cm³/mol. The zero-order valence-corrected chi connectivity index (χ0v) is 16.4. The second-order valence-corrected chi connectivity index (χ2v) is 5.70. The van der Waals surface area contributed by atoms with Gasteiger partial charge in [-0.15, -0.1) is 0 Å². The normalized spacial score (nSPS) is 10.5. The van der Waals surface area contributed by atoms with Gasteiger partial charge in [-0.2, -0.15) is 0 Å². The molecule has 0 aliphatic carbocycles. The maximum Gasteiger partial charge on any atom is 0.334 e. The van der Waals surface area contributed by atoms with Crippen molar-refractivity contribution in [3.05, 3.63) is 98.5 Å². The topological polar surface area (TPSA) is 71.1 Å². The predicted octanol–water partition coefficient (Wildman–Crippen LogP) is 4.60. The molecule has 2 rings (SSSR count). The van der Waals surface area contributed by atoms with Crippen molar-refractivity contribution in [2.45, 2.75) is 0 Å². The van der Waals surface area contributed by atoms with E-state index in [4.69, 9.17) is 18.9 Å². The standard InChI is InChI=1S/C24H22O6/c1-3-23(25)29-17-5-15-27-21-11-7-19(8-12-21)20-9-13-22(14-10-20)28-16-6-18-30-24(26)4-2/h3-14,17-18H,1-2,15-16H2/b17-5+,18-6+. The van der Waals surface area contributed by atoms with Crippen molar-refractivity contribution in [1.82, 2.24) is 0 Å². The summed E-state index contributed by atoms with van der Waals surface area (Å²) in [6, 6.07) is 15.2. The smallest absolute Gasteiger partial charge is 0.334 e. The molecule has 6 heteroatoms. The second kappa shape index (κ2) is 12.4. The molecule has 0 aliphatic rings. The van der Waals surface area contributed by atoms with Crippen LogP contribution in [-0.4, -0.2) is 25.2 Å². The van der Waals surface area contributed by atoms with E-state index < -0.39 is 11.9 Å². The SMILES string of the molecule is C=CC(=O)O/C=C/COc1ccc(-c2ccc(OC/C=C/OC(=O)C=C)cc2)cc1. The zero-order chi connectivity index (χ0) is 21.6. The third-order valence-electron chi connectivity index (χ3n) is 3.63. The molecule has 30 heavy (non-hydrogen) atoms. The molecular formula is C24H22O6. The monoisotopic (exact) mass is 406 g/mol. The van der Waals surface area contributed by atoms with Gasteiger partial charge in [0.25, 0.3) is 0 Å². The number of hydrogen-bond acceptors (Lipinski definition) is 6. The summed E-state index contributed by atoms with van der Waals surface area (Å²) in [5.74, 6) is 0.361. The molecule has 0 radical (unpaired) electrons. The van der Waals surface area contributed by atoms with Crippen molar-refractivity contribution in [1.29, 1.82) is 0 Å². The Bertz CT molecular complexity index is 830. The van der Waals surface area contributed by atoms with E-state index in [1.807, 2.05) is 48.5 Å². The van der Waals surface area contributed by atoms with Crippen LogP contribution in [0.3, 0.4) is 0 Å². The lowest BCUT2D eigenvalue weighted by Gasteiger charge is -2.07. The molecule has 0 bridgehead atoms. The second-order valence-electron chi connectivity index (χ2n) is 5.70. The van der Waals surface area contributed by atoms with Gasteiger partial charge >= 0.3 is 11.9 Å². The first kappa shape index (κ1) is 22.2. The first-order chi connectivity index (χ1) is 14.6. The lowest BCUT2D eigenvalue weighted by Crippen LogP contribution is -1.96. The minimum absolute atomic E-state index is 0.275. The van der Waals surface area contributed by atoms with Crippen LogP contribution in [0.2, 0.25) is 0 Å². The lowest BCUT2D eigenvalue weighted by atomic mass is 10.1. The lowest BCUT2D eigenvalue weighted by molar-refractivity contribution is -0.133. The number of carbonyl (C=O) groups excluding carboxylic acids is 2. The van der Waals surface area contributed by atoms with Gasteiger partial charge in [0, 0.05) is 12.2 Å². The van der Waals surface area contributed by atoms with Crippen LogP contribution in [0.5, 0.6) is 11.5 Å². The van der Waals surface area contributed by atoms with E-state index in [-0.39, 0.29) is 13.2 Å². The van der Waals surface area contributed by atoms with Crippen LogP contribution >= 0.6 is 0 Å². The average Bonchev–Trinajstić information content (AvgIpc) is 2.79. The summed E-state index contributed by atoms with van der Waals surface area (Å²) in [4.78, 5) is 21.8. The van der Waals surface area contributed by atoms with E-state index in [1.54, 1.807) is 12.2 Å². The van der Waals surface area contributed by atoms with Gasteiger partial charge in [-0.05, 0) is 47.5 Å². The van der Waals surface area contributed by atoms with E-state index in [2.05, 4.69) is 13.2 Å². The van der Waals surface area contributed by atoms with Crippen LogP contribution in [0.15, 0.2) is 98.5 Å². The molecule has 0 N–H and O–H groups in total. The Kier molecular flexibility index (Phi) is 9.20. The number of benzene rings is 2. The molecule has 154 valence electrons. The van der Waals surface area contributed by atoms with E-state index in [0.717, 1.165) is 23.3 Å². The van der Waals surface area contributed by atoms with E-state index in [1.165, 1.54) is 12.5 Å². The third kappa shape index (κ3) is 7.90. The fourth-order valence-electron chi connectivity index (χ4n) is 2.18.